The molecule has 0 atom stereocenters. The number of anilines is 1. The second kappa shape index (κ2) is 5.91. The SMILES string of the molecule is Cc1nccn1CCCN(C)c1nc(C(C)(C)C)ns1. The summed E-state index contributed by atoms with van der Waals surface area (Å²) in [4.78, 5) is 11.0. The lowest BCUT2D eigenvalue weighted by molar-refractivity contribution is 0.554. The molecule has 0 saturated carbocycles. The average molecular weight is 293 g/mol. The molecule has 2 rings (SSSR count). The van der Waals surface area contributed by atoms with Gasteiger partial charge in [-0.25, -0.2) is 9.97 Å². The van der Waals surface area contributed by atoms with Gasteiger partial charge in [-0.05, 0) is 13.3 Å². The number of rotatable bonds is 5. The van der Waals surface area contributed by atoms with Crippen LogP contribution in [-0.2, 0) is 12.0 Å². The fourth-order valence-corrected chi connectivity index (χ4v) is 2.73. The highest BCUT2D eigenvalue weighted by atomic mass is 32.1. The van der Waals surface area contributed by atoms with Crippen LogP contribution in [-0.4, -0.2) is 32.5 Å². The second-order valence-electron chi connectivity index (χ2n) is 6.09. The zero-order chi connectivity index (χ0) is 14.8. The zero-order valence-corrected chi connectivity index (χ0v) is 13.7. The Balaban J connectivity index is 1.87. The highest BCUT2D eigenvalue weighted by Crippen LogP contribution is 2.24. The lowest BCUT2D eigenvalue weighted by atomic mass is 9.96. The maximum absolute atomic E-state index is 4.63. The number of imidazole rings is 1. The standard InChI is InChI=1S/C14H23N5S/c1-11-15-7-10-19(11)9-6-8-18(5)13-16-12(17-20-13)14(2,3)4/h7,10H,6,8-9H2,1-5H3. The van der Waals surface area contributed by atoms with Gasteiger partial charge in [-0.15, -0.1) is 0 Å². The van der Waals surface area contributed by atoms with Gasteiger partial charge < -0.3 is 9.47 Å². The summed E-state index contributed by atoms with van der Waals surface area (Å²) >= 11 is 1.48. The van der Waals surface area contributed by atoms with E-state index in [2.05, 4.69) is 51.6 Å². The molecule has 2 aromatic heterocycles. The van der Waals surface area contributed by atoms with Gasteiger partial charge in [-0.2, -0.15) is 4.37 Å². The maximum atomic E-state index is 4.63. The van der Waals surface area contributed by atoms with E-state index in [-0.39, 0.29) is 5.41 Å². The second-order valence-corrected chi connectivity index (χ2v) is 6.82. The summed E-state index contributed by atoms with van der Waals surface area (Å²) in [6.07, 6.45) is 4.94. The molecular formula is C14H23N5S. The average Bonchev–Trinajstić information content (AvgIpc) is 2.98. The minimum Gasteiger partial charge on any atom is -0.350 e. The molecule has 0 radical (unpaired) electrons. The van der Waals surface area contributed by atoms with Crippen LogP contribution in [0.25, 0.3) is 0 Å². The Labute approximate surface area is 124 Å². The first-order valence-electron chi connectivity index (χ1n) is 6.91. The third kappa shape index (κ3) is 3.56. The van der Waals surface area contributed by atoms with E-state index in [0.717, 1.165) is 36.3 Å². The minimum absolute atomic E-state index is 0.0174. The van der Waals surface area contributed by atoms with Gasteiger partial charge in [0.05, 0.1) is 0 Å². The highest BCUT2D eigenvalue weighted by Gasteiger charge is 2.20. The van der Waals surface area contributed by atoms with E-state index in [1.165, 1.54) is 11.5 Å². The van der Waals surface area contributed by atoms with Gasteiger partial charge in [0.25, 0.3) is 0 Å². The molecule has 0 aliphatic heterocycles. The number of nitrogens with zero attached hydrogens (tertiary/aromatic N) is 5. The molecule has 20 heavy (non-hydrogen) atoms. The maximum Gasteiger partial charge on any atom is 0.204 e. The van der Waals surface area contributed by atoms with Gasteiger partial charge in [0.15, 0.2) is 0 Å². The first-order chi connectivity index (χ1) is 9.38. The number of hydrogen-bond donors (Lipinski definition) is 0. The summed E-state index contributed by atoms with van der Waals surface area (Å²) < 4.78 is 6.63. The van der Waals surface area contributed by atoms with E-state index >= 15 is 0 Å². The summed E-state index contributed by atoms with van der Waals surface area (Å²) in [6, 6.07) is 0. The van der Waals surface area contributed by atoms with E-state index in [0.29, 0.717) is 0 Å². The number of aryl methyl sites for hydroxylation is 2. The van der Waals surface area contributed by atoms with E-state index in [9.17, 15) is 0 Å². The molecule has 0 amide bonds. The molecule has 5 nitrogen and oxygen atoms in total. The van der Waals surface area contributed by atoms with Crippen molar-refractivity contribution in [3.8, 4) is 0 Å². The molecule has 110 valence electrons. The van der Waals surface area contributed by atoms with E-state index in [4.69, 9.17) is 0 Å². The lowest BCUT2D eigenvalue weighted by Crippen LogP contribution is -2.20. The molecule has 0 unspecified atom stereocenters. The molecule has 2 aromatic rings. The molecule has 0 aliphatic rings. The van der Waals surface area contributed by atoms with Crippen LogP contribution in [0.2, 0.25) is 0 Å². The van der Waals surface area contributed by atoms with E-state index < -0.39 is 0 Å². The van der Waals surface area contributed by atoms with E-state index in [1.807, 2.05) is 19.3 Å². The third-order valence-corrected chi connectivity index (χ3v) is 4.06. The number of hydrogen-bond acceptors (Lipinski definition) is 5. The van der Waals surface area contributed by atoms with Crippen LogP contribution in [0, 0.1) is 6.92 Å². The molecule has 0 spiro atoms. The molecule has 0 fully saturated rings. The summed E-state index contributed by atoms with van der Waals surface area (Å²) in [5.41, 5.74) is 0.0174. The van der Waals surface area contributed by atoms with Crippen molar-refractivity contribution in [3.05, 3.63) is 24.0 Å². The molecule has 0 saturated heterocycles. The first kappa shape index (κ1) is 15.0. The van der Waals surface area contributed by atoms with Gasteiger partial charge in [0.2, 0.25) is 5.13 Å². The summed E-state index contributed by atoms with van der Waals surface area (Å²) in [5.74, 6) is 1.99. The Morgan fingerprint density at radius 3 is 2.65 bits per heavy atom. The Morgan fingerprint density at radius 2 is 2.10 bits per heavy atom. The highest BCUT2D eigenvalue weighted by molar-refractivity contribution is 7.09. The Morgan fingerprint density at radius 1 is 1.35 bits per heavy atom. The van der Waals surface area contributed by atoms with Crippen LogP contribution in [0.15, 0.2) is 12.4 Å². The normalized spacial score (nSPS) is 11.8. The smallest absolute Gasteiger partial charge is 0.204 e. The lowest BCUT2D eigenvalue weighted by Gasteiger charge is -2.16. The van der Waals surface area contributed by atoms with Crippen molar-refractivity contribution in [1.29, 1.82) is 0 Å². The van der Waals surface area contributed by atoms with Crippen LogP contribution in [0.5, 0.6) is 0 Å². The molecule has 6 heteroatoms. The van der Waals surface area contributed by atoms with Crippen LogP contribution in [0.4, 0.5) is 5.13 Å². The van der Waals surface area contributed by atoms with E-state index in [1.54, 1.807) is 0 Å². The Bertz CT molecular complexity index is 552. The molecule has 2 heterocycles. The van der Waals surface area contributed by atoms with Gasteiger partial charge in [0, 0.05) is 49.5 Å². The third-order valence-electron chi connectivity index (χ3n) is 3.23. The van der Waals surface area contributed by atoms with Crippen LogP contribution >= 0.6 is 11.5 Å². The Kier molecular flexibility index (Phi) is 4.42. The van der Waals surface area contributed by atoms with Crippen molar-refractivity contribution < 1.29 is 0 Å². The van der Waals surface area contributed by atoms with Gasteiger partial charge in [-0.3, -0.25) is 0 Å². The molecular weight excluding hydrogens is 270 g/mol. The van der Waals surface area contributed by atoms with Crippen molar-refractivity contribution in [2.75, 3.05) is 18.5 Å². The van der Waals surface area contributed by atoms with Crippen LogP contribution in [0.3, 0.4) is 0 Å². The molecule has 0 aromatic carbocycles. The number of aromatic nitrogens is 4. The molecule has 0 aliphatic carbocycles. The molecule has 0 N–H and O–H groups in total. The molecule has 0 bridgehead atoms. The van der Waals surface area contributed by atoms with Crippen molar-refractivity contribution in [2.24, 2.45) is 0 Å². The predicted molar refractivity (Wildman–Crippen MR) is 83.5 cm³/mol. The van der Waals surface area contributed by atoms with Crippen molar-refractivity contribution in [2.45, 2.75) is 46.1 Å². The largest absolute Gasteiger partial charge is 0.350 e. The summed E-state index contributed by atoms with van der Waals surface area (Å²) in [7, 11) is 2.08. The minimum atomic E-state index is 0.0174. The zero-order valence-electron chi connectivity index (χ0n) is 12.9. The van der Waals surface area contributed by atoms with Gasteiger partial charge >= 0.3 is 0 Å². The quantitative estimate of drug-likeness (QED) is 0.850. The van der Waals surface area contributed by atoms with Gasteiger partial charge in [-0.1, -0.05) is 20.8 Å². The monoisotopic (exact) mass is 293 g/mol. The van der Waals surface area contributed by atoms with Gasteiger partial charge in [0.1, 0.15) is 11.6 Å². The topological polar surface area (TPSA) is 46.8 Å². The summed E-state index contributed by atoms with van der Waals surface area (Å²) in [6.45, 7) is 10.4. The van der Waals surface area contributed by atoms with Crippen molar-refractivity contribution in [1.82, 2.24) is 18.9 Å². The predicted octanol–water partition coefficient (Wildman–Crippen LogP) is 2.87. The fraction of sp³-hybridized carbons (Fsp3) is 0.643. The fourth-order valence-electron chi connectivity index (χ4n) is 1.89. The van der Waals surface area contributed by atoms with Crippen molar-refractivity contribution in [3.63, 3.8) is 0 Å². The summed E-state index contributed by atoms with van der Waals surface area (Å²) in [5, 5.41) is 0.997. The van der Waals surface area contributed by atoms with Crippen molar-refractivity contribution >= 4 is 16.7 Å². The van der Waals surface area contributed by atoms with Crippen LogP contribution in [0.1, 0.15) is 38.8 Å². The Hall–Kier alpha value is -1.43. The first-order valence-corrected chi connectivity index (χ1v) is 7.68. The van der Waals surface area contributed by atoms with Crippen LogP contribution < -0.4 is 4.90 Å².